The van der Waals surface area contributed by atoms with Gasteiger partial charge in [-0.05, 0) is 25.8 Å². The topological polar surface area (TPSA) is 15.3 Å². The lowest BCUT2D eigenvalue weighted by molar-refractivity contribution is 0.175. The second-order valence-electron chi connectivity index (χ2n) is 4.74. The maximum atomic E-state index is 3.49. The fourth-order valence-electron chi connectivity index (χ4n) is 2.36. The van der Waals surface area contributed by atoms with Crippen LogP contribution in [-0.2, 0) is 0 Å². The number of nitrogens with one attached hydrogen (secondary N) is 1. The van der Waals surface area contributed by atoms with E-state index >= 15 is 0 Å². The third-order valence-corrected chi connectivity index (χ3v) is 3.53. The van der Waals surface area contributed by atoms with Crippen LogP contribution >= 0.6 is 0 Å². The molecule has 2 heteroatoms. The van der Waals surface area contributed by atoms with E-state index in [2.05, 4.69) is 17.1 Å². The monoisotopic (exact) mass is 182 g/mol. The largest absolute Gasteiger partial charge is 0.312 e. The predicted octanol–water partition coefficient (Wildman–Crippen LogP) is 1.47. The van der Waals surface area contributed by atoms with E-state index in [4.69, 9.17) is 0 Å². The molecule has 2 rings (SSSR count). The average molecular weight is 182 g/mol. The van der Waals surface area contributed by atoms with Crippen LogP contribution in [0.3, 0.4) is 0 Å². The highest BCUT2D eigenvalue weighted by molar-refractivity contribution is 4.77. The van der Waals surface area contributed by atoms with E-state index in [1.54, 1.807) is 0 Å². The maximum Gasteiger partial charge on any atom is 0.0167 e. The number of hydrogen-bond donors (Lipinski definition) is 1. The van der Waals surface area contributed by atoms with Crippen molar-refractivity contribution in [3.8, 4) is 0 Å². The lowest BCUT2D eigenvalue weighted by atomic mass is 9.83. The minimum absolute atomic E-state index is 0.704. The summed E-state index contributed by atoms with van der Waals surface area (Å²) in [5.41, 5.74) is 0. The van der Waals surface area contributed by atoms with Crippen molar-refractivity contribution in [2.24, 2.45) is 5.92 Å². The van der Waals surface area contributed by atoms with Crippen molar-refractivity contribution in [2.45, 2.75) is 38.6 Å². The smallest absolute Gasteiger partial charge is 0.0167 e. The molecular formula is C11H22N2. The van der Waals surface area contributed by atoms with Gasteiger partial charge in [-0.1, -0.05) is 19.3 Å². The molecule has 0 amide bonds. The maximum absolute atomic E-state index is 3.49. The third kappa shape index (κ3) is 2.68. The highest BCUT2D eigenvalue weighted by Crippen LogP contribution is 2.29. The summed E-state index contributed by atoms with van der Waals surface area (Å²) >= 11 is 0. The van der Waals surface area contributed by atoms with Crippen LogP contribution in [0.4, 0.5) is 0 Å². The van der Waals surface area contributed by atoms with Gasteiger partial charge in [-0.2, -0.15) is 0 Å². The molecule has 1 heterocycles. The van der Waals surface area contributed by atoms with Crippen molar-refractivity contribution in [2.75, 3.05) is 26.2 Å². The minimum atomic E-state index is 0.704. The lowest BCUT2D eigenvalue weighted by Crippen LogP contribution is -2.49. The molecule has 0 spiro atoms. The van der Waals surface area contributed by atoms with Gasteiger partial charge in [0.1, 0.15) is 0 Å². The summed E-state index contributed by atoms with van der Waals surface area (Å²) in [5.74, 6) is 1.07. The molecule has 1 aliphatic carbocycles. The first-order valence-electron chi connectivity index (χ1n) is 5.80. The molecule has 0 aromatic rings. The minimum Gasteiger partial charge on any atom is -0.312 e. The fraction of sp³-hybridized carbons (Fsp3) is 1.00. The second-order valence-corrected chi connectivity index (χ2v) is 4.74. The zero-order valence-corrected chi connectivity index (χ0v) is 8.76. The summed E-state index contributed by atoms with van der Waals surface area (Å²) < 4.78 is 0. The standard InChI is InChI=1S/C11H22N2/c1-10-9-13(8-6-12-10)7-5-11-3-2-4-11/h10-12H,2-9H2,1H3. The van der Waals surface area contributed by atoms with Crippen molar-refractivity contribution >= 4 is 0 Å². The third-order valence-electron chi connectivity index (χ3n) is 3.53. The van der Waals surface area contributed by atoms with Crippen molar-refractivity contribution < 1.29 is 0 Å². The van der Waals surface area contributed by atoms with Gasteiger partial charge in [0.2, 0.25) is 0 Å². The molecule has 0 aromatic carbocycles. The van der Waals surface area contributed by atoms with Crippen LogP contribution in [0.25, 0.3) is 0 Å². The number of piperazine rings is 1. The molecule has 1 N–H and O–H groups in total. The van der Waals surface area contributed by atoms with Crippen LogP contribution in [0.1, 0.15) is 32.6 Å². The molecule has 2 aliphatic rings. The molecule has 1 saturated heterocycles. The number of rotatable bonds is 3. The second kappa shape index (κ2) is 4.43. The van der Waals surface area contributed by atoms with Gasteiger partial charge in [0.05, 0.1) is 0 Å². The summed E-state index contributed by atoms with van der Waals surface area (Å²) in [6.07, 6.45) is 5.94. The van der Waals surface area contributed by atoms with Crippen molar-refractivity contribution in [3.63, 3.8) is 0 Å². The predicted molar refractivity (Wildman–Crippen MR) is 55.9 cm³/mol. The van der Waals surface area contributed by atoms with E-state index in [0.717, 1.165) is 5.92 Å². The van der Waals surface area contributed by atoms with Crippen LogP contribution in [0.15, 0.2) is 0 Å². The molecule has 76 valence electrons. The Morgan fingerprint density at radius 3 is 2.85 bits per heavy atom. The quantitative estimate of drug-likeness (QED) is 0.711. The zero-order valence-electron chi connectivity index (χ0n) is 8.76. The van der Waals surface area contributed by atoms with Gasteiger partial charge in [0.25, 0.3) is 0 Å². The molecule has 2 fully saturated rings. The summed E-state index contributed by atoms with van der Waals surface area (Å²) in [6.45, 7) is 7.34. The van der Waals surface area contributed by atoms with Gasteiger partial charge < -0.3 is 10.2 Å². The Morgan fingerprint density at radius 2 is 2.23 bits per heavy atom. The lowest BCUT2D eigenvalue weighted by Gasteiger charge is -2.34. The van der Waals surface area contributed by atoms with Gasteiger partial charge >= 0.3 is 0 Å². The Hall–Kier alpha value is -0.0800. The molecule has 13 heavy (non-hydrogen) atoms. The van der Waals surface area contributed by atoms with Crippen LogP contribution < -0.4 is 5.32 Å². The SMILES string of the molecule is CC1CN(CCC2CCC2)CCN1. The van der Waals surface area contributed by atoms with Gasteiger partial charge in [-0.3, -0.25) is 0 Å². The van der Waals surface area contributed by atoms with Crippen LogP contribution in [0.2, 0.25) is 0 Å². The molecule has 0 radical (unpaired) electrons. The highest BCUT2D eigenvalue weighted by Gasteiger charge is 2.20. The first-order valence-corrected chi connectivity index (χ1v) is 5.80. The first kappa shape index (κ1) is 9.47. The average Bonchev–Trinajstić information content (AvgIpc) is 2.01. The number of nitrogens with zero attached hydrogens (tertiary/aromatic N) is 1. The number of hydrogen-bond acceptors (Lipinski definition) is 2. The van der Waals surface area contributed by atoms with Crippen molar-refractivity contribution in [3.05, 3.63) is 0 Å². The van der Waals surface area contributed by atoms with E-state index < -0.39 is 0 Å². The normalized spacial score (nSPS) is 31.6. The Bertz CT molecular complexity index is 154. The van der Waals surface area contributed by atoms with Crippen molar-refractivity contribution in [1.29, 1.82) is 0 Å². The molecule has 0 bridgehead atoms. The fourth-order valence-corrected chi connectivity index (χ4v) is 2.36. The Balaban J connectivity index is 1.62. The first-order chi connectivity index (χ1) is 6.34. The molecule has 1 saturated carbocycles. The summed E-state index contributed by atoms with van der Waals surface area (Å²) in [5, 5.41) is 3.49. The molecule has 1 aliphatic heterocycles. The van der Waals surface area contributed by atoms with E-state index in [0.29, 0.717) is 6.04 Å². The van der Waals surface area contributed by atoms with E-state index in [1.165, 1.54) is 51.9 Å². The molecule has 1 atom stereocenters. The summed E-state index contributed by atoms with van der Waals surface area (Å²) in [4.78, 5) is 2.62. The van der Waals surface area contributed by atoms with Crippen LogP contribution in [-0.4, -0.2) is 37.1 Å². The van der Waals surface area contributed by atoms with Gasteiger partial charge in [-0.25, -0.2) is 0 Å². The molecule has 0 aromatic heterocycles. The summed E-state index contributed by atoms with van der Waals surface area (Å²) in [7, 11) is 0. The zero-order chi connectivity index (χ0) is 9.10. The Morgan fingerprint density at radius 1 is 1.38 bits per heavy atom. The van der Waals surface area contributed by atoms with Gasteiger partial charge in [0.15, 0.2) is 0 Å². The van der Waals surface area contributed by atoms with E-state index in [9.17, 15) is 0 Å². The van der Waals surface area contributed by atoms with Crippen LogP contribution in [0, 0.1) is 5.92 Å². The molecular weight excluding hydrogens is 160 g/mol. The van der Waals surface area contributed by atoms with E-state index in [1.807, 2.05) is 0 Å². The Kier molecular flexibility index (Phi) is 3.23. The van der Waals surface area contributed by atoms with Crippen molar-refractivity contribution in [1.82, 2.24) is 10.2 Å². The van der Waals surface area contributed by atoms with Gasteiger partial charge in [0, 0.05) is 25.7 Å². The molecule has 1 unspecified atom stereocenters. The highest BCUT2D eigenvalue weighted by atomic mass is 15.2. The Labute approximate surface area is 81.7 Å². The van der Waals surface area contributed by atoms with Crippen LogP contribution in [0.5, 0.6) is 0 Å². The summed E-state index contributed by atoms with van der Waals surface area (Å²) in [6, 6.07) is 0.704. The van der Waals surface area contributed by atoms with Gasteiger partial charge in [-0.15, -0.1) is 0 Å². The van der Waals surface area contributed by atoms with E-state index in [-0.39, 0.29) is 0 Å². The molecule has 2 nitrogen and oxygen atoms in total.